The van der Waals surface area contributed by atoms with E-state index in [1.54, 1.807) is 24.3 Å². The van der Waals surface area contributed by atoms with Crippen LogP contribution in [-0.2, 0) is 9.59 Å². The van der Waals surface area contributed by atoms with Crippen LogP contribution in [0.2, 0.25) is 0 Å². The number of anilines is 1. The van der Waals surface area contributed by atoms with Crippen LogP contribution in [0.25, 0.3) is 0 Å². The summed E-state index contributed by atoms with van der Waals surface area (Å²) >= 11 is 0. The van der Waals surface area contributed by atoms with E-state index < -0.39 is 11.8 Å². The lowest BCUT2D eigenvalue weighted by Crippen LogP contribution is -2.32. The third-order valence-electron chi connectivity index (χ3n) is 1.76. The van der Waals surface area contributed by atoms with Crippen molar-refractivity contribution in [1.29, 1.82) is 0 Å². The molecule has 0 atom stereocenters. The molecular formula is C10H12N2O3. The van der Waals surface area contributed by atoms with Crippen molar-refractivity contribution in [3.8, 4) is 5.75 Å². The molecule has 2 N–H and O–H groups in total. The Morgan fingerprint density at radius 1 is 1.27 bits per heavy atom. The minimum absolute atomic E-state index is 0.517. The number of rotatable bonds is 2. The van der Waals surface area contributed by atoms with Crippen molar-refractivity contribution in [1.82, 2.24) is 5.32 Å². The van der Waals surface area contributed by atoms with E-state index >= 15 is 0 Å². The molecule has 0 radical (unpaired) electrons. The Kier molecular flexibility index (Phi) is 3.68. The molecular weight excluding hydrogens is 196 g/mol. The zero-order valence-corrected chi connectivity index (χ0v) is 8.53. The fourth-order valence-electron chi connectivity index (χ4n) is 1.00. The van der Waals surface area contributed by atoms with E-state index in [-0.39, 0.29) is 0 Å². The van der Waals surface area contributed by atoms with Gasteiger partial charge >= 0.3 is 11.8 Å². The molecule has 0 fully saturated rings. The van der Waals surface area contributed by atoms with Gasteiger partial charge in [0.2, 0.25) is 0 Å². The number of benzene rings is 1. The fourth-order valence-corrected chi connectivity index (χ4v) is 1.00. The fraction of sp³-hybridized carbons (Fsp3) is 0.200. The van der Waals surface area contributed by atoms with Crippen molar-refractivity contribution in [2.45, 2.75) is 0 Å². The van der Waals surface area contributed by atoms with Gasteiger partial charge in [-0.05, 0) is 12.1 Å². The number of carbonyl (C=O) groups is 2. The van der Waals surface area contributed by atoms with Crippen LogP contribution < -0.4 is 15.4 Å². The smallest absolute Gasteiger partial charge is 0.313 e. The van der Waals surface area contributed by atoms with Crippen LogP contribution in [0.4, 0.5) is 5.69 Å². The quantitative estimate of drug-likeness (QED) is 0.690. The van der Waals surface area contributed by atoms with E-state index in [0.717, 1.165) is 0 Å². The first-order chi connectivity index (χ1) is 7.17. The lowest BCUT2D eigenvalue weighted by Gasteiger charge is -2.05. The van der Waals surface area contributed by atoms with Crippen LogP contribution in [0.5, 0.6) is 5.75 Å². The van der Waals surface area contributed by atoms with Crippen molar-refractivity contribution < 1.29 is 14.3 Å². The lowest BCUT2D eigenvalue weighted by atomic mass is 10.3. The largest absolute Gasteiger partial charge is 0.497 e. The molecule has 1 rings (SSSR count). The van der Waals surface area contributed by atoms with Crippen LogP contribution in [0.3, 0.4) is 0 Å². The molecule has 5 nitrogen and oxygen atoms in total. The monoisotopic (exact) mass is 208 g/mol. The van der Waals surface area contributed by atoms with Crippen molar-refractivity contribution in [2.75, 3.05) is 19.5 Å². The summed E-state index contributed by atoms with van der Waals surface area (Å²) in [6.45, 7) is 0. The Labute approximate surface area is 87.4 Å². The first-order valence-corrected chi connectivity index (χ1v) is 4.34. The maximum atomic E-state index is 11.2. The number of nitrogens with one attached hydrogen (secondary N) is 2. The minimum atomic E-state index is -0.703. The molecule has 0 aromatic heterocycles. The summed E-state index contributed by atoms with van der Waals surface area (Å²) in [5.74, 6) is -0.770. The SMILES string of the molecule is CNC(=O)C(=O)Nc1cccc(OC)c1. The first kappa shape index (κ1) is 11.0. The molecule has 0 aliphatic heterocycles. The summed E-state index contributed by atoms with van der Waals surface area (Å²) in [5.41, 5.74) is 0.517. The minimum Gasteiger partial charge on any atom is -0.497 e. The van der Waals surface area contributed by atoms with Gasteiger partial charge in [0.1, 0.15) is 5.75 Å². The lowest BCUT2D eigenvalue weighted by molar-refractivity contribution is -0.135. The standard InChI is InChI=1S/C10H12N2O3/c1-11-9(13)10(14)12-7-4-3-5-8(6-7)15-2/h3-6H,1-2H3,(H,11,13)(H,12,14). The summed E-state index contributed by atoms with van der Waals surface area (Å²) in [6, 6.07) is 6.76. The van der Waals surface area contributed by atoms with E-state index in [0.29, 0.717) is 11.4 Å². The van der Waals surface area contributed by atoms with Gasteiger partial charge in [-0.1, -0.05) is 6.07 Å². The second-order valence-electron chi connectivity index (χ2n) is 2.77. The van der Waals surface area contributed by atoms with Crippen molar-refractivity contribution >= 4 is 17.5 Å². The third kappa shape index (κ3) is 2.98. The van der Waals surface area contributed by atoms with Crippen molar-refractivity contribution in [3.63, 3.8) is 0 Å². The Hall–Kier alpha value is -2.04. The van der Waals surface area contributed by atoms with Gasteiger partial charge in [0.25, 0.3) is 0 Å². The van der Waals surface area contributed by atoms with Crippen LogP contribution in [-0.4, -0.2) is 26.0 Å². The highest BCUT2D eigenvalue weighted by Gasteiger charge is 2.10. The summed E-state index contributed by atoms with van der Waals surface area (Å²) in [5, 5.41) is 4.67. The zero-order valence-electron chi connectivity index (χ0n) is 8.53. The number of hydrogen-bond acceptors (Lipinski definition) is 3. The Morgan fingerprint density at radius 3 is 2.60 bits per heavy atom. The molecule has 0 aliphatic carbocycles. The van der Waals surface area contributed by atoms with Crippen LogP contribution >= 0.6 is 0 Å². The predicted molar refractivity (Wildman–Crippen MR) is 55.7 cm³/mol. The maximum absolute atomic E-state index is 11.2. The number of carbonyl (C=O) groups excluding carboxylic acids is 2. The highest BCUT2D eigenvalue weighted by Crippen LogP contribution is 2.16. The van der Waals surface area contributed by atoms with Gasteiger partial charge in [-0.25, -0.2) is 0 Å². The molecule has 1 aromatic rings. The predicted octanol–water partition coefficient (Wildman–Crippen LogP) is 0.380. The molecule has 0 aliphatic rings. The van der Waals surface area contributed by atoms with Gasteiger partial charge in [-0.15, -0.1) is 0 Å². The molecule has 0 saturated carbocycles. The normalized spacial score (nSPS) is 9.20. The van der Waals surface area contributed by atoms with E-state index in [9.17, 15) is 9.59 Å². The van der Waals surface area contributed by atoms with Crippen molar-refractivity contribution in [3.05, 3.63) is 24.3 Å². The van der Waals surface area contributed by atoms with E-state index in [2.05, 4.69) is 10.6 Å². The van der Waals surface area contributed by atoms with Crippen LogP contribution in [0.1, 0.15) is 0 Å². The molecule has 0 unspecified atom stereocenters. The molecule has 80 valence electrons. The summed E-state index contributed by atoms with van der Waals surface area (Å²) in [4.78, 5) is 22.1. The Bertz CT molecular complexity index is 377. The third-order valence-corrected chi connectivity index (χ3v) is 1.76. The average molecular weight is 208 g/mol. The summed E-state index contributed by atoms with van der Waals surface area (Å²) in [6.07, 6.45) is 0. The number of methoxy groups -OCH3 is 1. The van der Waals surface area contributed by atoms with Gasteiger partial charge in [0.05, 0.1) is 7.11 Å². The average Bonchev–Trinajstić information content (AvgIpc) is 2.28. The topological polar surface area (TPSA) is 67.4 Å². The molecule has 0 bridgehead atoms. The van der Waals surface area contributed by atoms with Gasteiger partial charge in [-0.2, -0.15) is 0 Å². The molecule has 2 amide bonds. The van der Waals surface area contributed by atoms with E-state index in [1.807, 2.05) is 0 Å². The molecule has 5 heteroatoms. The van der Waals surface area contributed by atoms with Crippen molar-refractivity contribution in [2.24, 2.45) is 0 Å². The van der Waals surface area contributed by atoms with Gasteiger partial charge < -0.3 is 15.4 Å². The molecule has 0 heterocycles. The Morgan fingerprint density at radius 2 is 2.00 bits per heavy atom. The molecule has 0 spiro atoms. The summed E-state index contributed by atoms with van der Waals surface area (Å²) in [7, 11) is 2.92. The number of hydrogen-bond donors (Lipinski definition) is 2. The van der Waals surface area contributed by atoms with Gasteiger partial charge in [0, 0.05) is 18.8 Å². The number of ether oxygens (including phenoxy) is 1. The second-order valence-corrected chi connectivity index (χ2v) is 2.77. The second kappa shape index (κ2) is 4.99. The Balaban J connectivity index is 2.72. The van der Waals surface area contributed by atoms with Gasteiger partial charge in [-0.3, -0.25) is 9.59 Å². The molecule has 1 aromatic carbocycles. The maximum Gasteiger partial charge on any atom is 0.313 e. The molecule has 15 heavy (non-hydrogen) atoms. The first-order valence-electron chi connectivity index (χ1n) is 4.34. The zero-order chi connectivity index (χ0) is 11.3. The van der Waals surface area contributed by atoms with E-state index in [4.69, 9.17) is 4.74 Å². The van der Waals surface area contributed by atoms with E-state index in [1.165, 1.54) is 14.2 Å². The highest BCUT2D eigenvalue weighted by molar-refractivity contribution is 6.39. The number of likely N-dealkylation sites (N-methyl/N-ethyl adjacent to an activating group) is 1. The van der Waals surface area contributed by atoms with Gasteiger partial charge in [0.15, 0.2) is 0 Å². The van der Waals surface area contributed by atoms with Crippen LogP contribution in [0.15, 0.2) is 24.3 Å². The molecule has 0 saturated heterocycles. The highest BCUT2D eigenvalue weighted by atomic mass is 16.5. The van der Waals surface area contributed by atoms with Crippen LogP contribution in [0, 0.1) is 0 Å². The number of amides is 2. The summed E-state index contributed by atoms with van der Waals surface area (Å²) < 4.78 is 4.97.